The Labute approximate surface area is 195 Å². The second-order valence-corrected chi connectivity index (χ2v) is 10.1. The van der Waals surface area contributed by atoms with Gasteiger partial charge in [0, 0.05) is 42.6 Å². The van der Waals surface area contributed by atoms with E-state index in [2.05, 4.69) is 27.5 Å². The Morgan fingerprint density at radius 2 is 1.82 bits per heavy atom. The lowest BCUT2D eigenvalue weighted by molar-refractivity contribution is -0.140. The smallest absolute Gasteiger partial charge is 0.273 e. The maximum absolute atomic E-state index is 13.5. The van der Waals surface area contributed by atoms with Crippen molar-refractivity contribution >= 4 is 11.8 Å². The summed E-state index contributed by atoms with van der Waals surface area (Å²) >= 11 is 0. The molecule has 5 rings (SSSR count). The van der Waals surface area contributed by atoms with Crippen molar-refractivity contribution in [3.05, 3.63) is 53.4 Å². The molecule has 2 amide bonds. The Morgan fingerprint density at radius 3 is 2.55 bits per heavy atom. The zero-order chi connectivity index (χ0) is 22.8. The molecule has 2 heterocycles. The van der Waals surface area contributed by atoms with Gasteiger partial charge in [-0.3, -0.25) is 9.59 Å². The lowest BCUT2D eigenvalue weighted by Gasteiger charge is -2.42. The number of likely N-dealkylation sites (tertiary alicyclic amines) is 1. The Hall–Kier alpha value is -2.67. The highest BCUT2D eigenvalue weighted by atomic mass is 16.5. The van der Waals surface area contributed by atoms with E-state index < -0.39 is 0 Å². The van der Waals surface area contributed by atoms with E-state index in [0.29, 0.717) is 18.2 Å². The molecule has 0 bridgehead atoms. The highest BCUT2D eigenvalue weighted by Crippen LogP contribution is 2.40. The minimum Gasteiger partial charge on any atom is -0.360 e. The fraction of sp³-hybridized carbons (Fsp3) is 0.577. The van der Waals surface area contributed by atoms with Crippen LogP contribution in [0.25, 0.3) is 0 Å². The Balaban J connectivity index is 1.26. The molecule has 1 saturated heterocycles. The highest BCUT2D eigenvalue weighted by molar-refractivity contribution is 5.92. The maximum Gasteiger partial charge on any atom is 0.273 e. The second kappa shape index (κ2) is 9.67. The number of nitrogens with one attached hydrogen (secondary N) is 1. The fourth-order valence-corrected chi connectivity index (χ4v) is 5.37. The van der Waals surface area contributed by atoms with Gasteiger partial charge in [-0.05, 0) is 63.4 Å². The van der Waals surface area contributed by atoms with Gasteiger partial charge in [0.05, 0.1) is 0 Å². The van der Waals surface area contributed by atoms with Crippen LogP contribution in [0.5, 0.6) is 0 Å². The van der Waals surface area contributed by atoms with Gasteiger partial charge in [-0.1, -0.05) is 35.5 Å². The molecule has 2 saturated carbocycles. The lowest BCUT2D eigenvalue weighted by Crippen LogP contribution is -2.54. The van der Waals surface area contributed by atoms with Crippen molar-refractivity contribution in [2.45, 2.75) is 81.8 Å². The van der Waals surface area contributed by atoms with Crippen LogP contribution in [0.4, 0.5) is 0 Å². The van der Waals surface area contributed by atoms with Crippen LogP contribution in [-0.2, 0) is 11.2 Å². The Morgan fingerprint density at radius 1 is 1.06 bits per heavy atom. The van der Waals surface area contributed by atoms with E-state index in [4.69, 9.17) is 10.3 Å². The molecule has 33 heavy (non-hydrogen) atoms. The first-order valence-corrected chi connectivity index (χ1v) is 12.4. The standard InChI is InChI=1S/C26H34N4O3/c27-20-10-8-19(9-11-20)26(32)30-13-12-21(15-22(30)14-17-4-2-1-3-5-17)28-25(31)23-16-24(33-29-23)18-6-7-18/h1-5,16,18-22H,6-15,27H2,(H,28,31)/t19?,20?,21-,22-/m0/s1. The van der Waals surface area contributed by atoms with Gasteiger partial charge in [-0.15, -0.1) is 0 Å². The van der Waals surface area contributed by atoms with E-state index in [1.54, 1.807) is 6.07 Å². The van der Waals surface area contributed by atoms with E-state index >= 15 is 0 Å². The highest BCUT2D eigenvalue weighted by Gasteiger charge is 2.37. The first kappa shape index (κ1) is 22.1. The van der Waals surface area contributed by atoms with Gasteiger partial charge in [0.15, 0.2) is 5.69 Å². The minimum atomic E-state index is -0.185. The molecule has 176 valence electrons. The molecular formula is C26H34N4O3. The molecule has 3 N–H and O–H groups in total. The van der Waals surface area contributed by atoms with Crippen molar-refractivity contribution in [1.82, 2.24) is 15.4 Å². The summed E-state index contributed by atoms with van der Waals surface area (Å²) in [7, 11) is 0. The van der Waals surface area contributed by atoms with E-state index in [1.807, 2.05) is 18.2 Å². The second-order valence-electron chi connectivity index (χ2n) is 10.1. The number of carbonyl (C=O) groups is 2. The SMILES string of the molecule is NC1CCC(C(=O)N2CC[C@H](NC(=O)c3cc(C4CC4)on3)C[C@@H]2Cc2ccccc2)CC1. The Bertz CT molecular complexity index is 963. The number of aromatic nitrogens is 1. The van der Waals surface area contributed by atoms with Crippen LogP contribution in [0.2, 0.25) is 0 Å². The zero-order valence-electron chi connectivity index (χ0n) is 19.1. The van der Waals surface area contributed by atoms with Crippen molar-refractivity contribution in [2.75, 3.05) is 6.54 Å². The summed E-state index contributed by atoms with van der Waals surface area (Å²) in [5, 5.41) is 7.13. The number of hydrogen-bond acceptors (Lipinski definition) is 5. The van der Waals surface area contributed by atoms with Gasteiger partial charge in [-0.25, -0.2) is 0 Å². The molecule has 2 aliphatic carbocycles. The fourth-order valence-electron chi connectivity index (χ4n) is 5.37. The van der Waals surface area contributed by atoms with Gasteiger partial charge in [0.1, 0.15) is 5.76 Å². The summed E-state index contributed by atoms with van der Waals surface area (Å²) in [5.74, 6) is 1.39. The van der Waals surface area contributed by atoms with Gasteiger partial charge >= 0.3 is 0 Å². The van der Waals surface area contributed by atoms with Crippen LogP contribution in [0.3, 0.4) is 0 Å². The number of carbonyl (C=O) groups excluding carboxylic acids is 2. The minimum absolute atomic E-state index is 0.0103. The summed E-state index contributed by atoms with van der Waals surface area (Å²) in [5.41, 5.74) is 7.63. The molecule has 3 fully saturated rings. The van der Waals surface area contributed by atoms with Crippen molar-refractivity contribution in [2.24, 2.45) is 11.7 Å². The summed E-state index contributed by atoms with van der Waals surface area (Å²) < 4.78 is 5.35. The van der Waals surface area contributed by atoms with Crippen molar-refractivity contribution in [1.29, 1.82) is 0 Å². The first-order chi connectivity index (χ1) is 16.1. The number of hydrogen-bond donors (Lipinski definition) is 2. The molecule has 2 atom stereocenters. The van der Waals surface area contributed by atoms with Crippen LogP contribution in [0, 0.1) is 5.92 Å². The van der Waals surface area contributed by atoms with Crippen molar-refractivity contribution < 1.29 is 14.1 Å². The van der Waals surface area contributed by atoms with Crippen LogP contribution in [0.1, 0.15) is 79.1 Å². The summed E-state index contributed by atoms with van der Waals surface area (Å²) in [4.78, 5) is 28.3. The van der Waals surface area contributed by atoms with E-state index in [1.165, 1.54) is 5.56 Å². The summed E-state index contributed by atoms with van der Waals surface area (Å²) in [6.45, 7) is 0.663. The molecule has 7 heteroatoms. The third-order valence-electron chi connectivity index (χ3n) is 7.51. The molecular weight excluding hydrogens is 416 g/mol. The predicted octanol–water partition coefficient (Wildman–Crippen LogP) is 3.40. The van der Waals surface area contributed by atoms with Gasteiger partial charge in [0.25, 0.3) is 5.91 Å². The number of amides is 2. The van der Waals surface area contributed by atoms with Gasteiger partial charge in [-0.2, -0.15) is 0 Å². The Kier molecular flexibility index (Phi) is 6.49. The third kappa shape index (κ3) is 5.29. The quantitative estimate of drug-likeness (QED) is 0.702. The number of nitrogens with two attached hydrogens (primary N) is 1. The van der Waals surface area contributed by atoms with Crippen LogP contribution >= 0.6 is 0 Å². The van der Waals surface area contributed by atoms with Gasteiger partial charge in [0.2, 0.25) is 5.91 Å². The molecule has 1 aliphatic heterocycles. The van der Waals surface area contributed by atoms with E-state index in [-0.39, 0.29) is 35.9 Å². The largest absolute Gasteiger partial charge is 0.360 e. The maximum atomic E-state index is 13.5. The van der Waals surface area contributed by atoms with Crippen molar-refractivity contribution in [3.8, 4) is 0 Å². The average molecular weight is 451 g/mol. The van der Waals surface area contributed by atoms with Crippen molar-refractivity contribution in [3.63, 3.8) is 0 Å². The number of benzene rings is 1. The summed E-state index contributed by atoms with van der Waals surface area (Å²) in [6.07, 6.45) is 8.11. The molecule has 1 aromatic heterocycles. The molecule has 3 aliphatic rings. The number of piperidine rings is 1. The van der Waals surface area contributed by atoms with Crippen LogP contribution < -0.4 is 11.1 Å². The molecule has 7 nitrogen and oxygen atoms in total. The van der Waals surface area contributed by atoms with Crippen LogP contribution in [-0.4, -0.2) is 46.5 Å². The molecule has 2 aromatic rings. The topological polar surface area (TPSA) is 101 Å². The van der Waals surface area contributed by atoms with Gasteiger partial charge < -0.3 is 20.5 Å². The van der Waals surface area contributed by atoms with E-state index in [0.717, 1.165) is 63.5 Å². The van der Waals surface area contributed by atoms with Crippen LogP contribution in [0.15, 0.2) is 40.9 Å². The lowest BCUT2D eigenvalue weighted by atomic mass is 9.84. The predicted molar refractivity (Wildman–Crippen MR) is 125 cm³/mol. The first-order valence-electron chi connectivity index (χ1n) is 12.4. The molecule has 0 unspecified atom stereocenters. The zero-order valence-corrected chi connectivity index (χ0v) is 19.1. The average Bonchev–Trinajstić information content (AvgIpc) is 3.56. The molecule has 0 radical (unpaired) electrons. The molecule has 0 spiro atoms. The third-order valence-corrected chi connectivity index (χ3v) is 7.51. The summed E-state index contributed by atoms with van der Waals surface area (Å²) in [6, 6.07) is 12.4. The van der Waals surface area contributed by atoms with E-state index in [9.17, 15) is 9.59 Å². The number of nitrogens with zero attached hydrogens (tertiary/aromatic N) is 2. The normalized spacial score (nSPS) is 27.8. The monoisotopic (exact) mass is 450 g/mol. The molecule has 1 aromatic carbocycles. The number of rotatable bonds is 6.